The van der Waals surface area contributed by atoms with Crippen LogP contribution >= 0.6 is 23.2 Å². The summed E-state index contributed by atoms with van der Waals surface area (Å²) in [4.78, 5) is 0. The second-order valence-corrected chi connectivity index (χ2v) is 4.96. The summed E-state index contributed by atoms with van der Waals surface area (Å²) in [6, 6.07) is 2.57. The van der Waals surface area contributed by atoms with Gasteiger partial charge in [-0.3, -0.25) is 0 Å². The molecule has 1 rings (SSSR count). The fraction of sp³-hybridized carbons (Fsp3) is 0.500. The van der Waals surface area contributed by atoms with Crippen molar-refractivity contribution < 1.29 is 9.50 Å². The Labute approximate surface area is 111 Å². The normalized spacial score (nSPS) is 14.7. The van der Waals surface area contributed by atoms with Crippen molar-refractivity contribution in [1.82, 2.24) is 5.32 Å². The molecule has 96 valence electrons. The van der Waals surface area contributed by atoms with Crippen molar-refractivity contribution in [3.8, 4) is 0 Å². The minimum absolute atomic E-state index is 0.0501. The van der Waals surface area contributed by atoms with Crippen molar-refractivity contribution in [2.75, 3.05) is 13.2 Å². The minimum Gasteiger partial charge on any atom is -0.396 e. The molecule has 2 nitrogen and oxygen atoms in total. The third-order valence-electron chi connectivity index (χ3n) is 2.60. The summed E-state index contributed by atoms with van der Waals surface area (Å²) in [5, 5.41) is 12.6. The summed E-state index contributed by atoms with van der Waals surface area (Å²) < 4.78 is 13.3. The van der Waals surface area contributed by atoms with Gasteiger partial charge >= 0.3 is 0 Å². The minimum atomic E-state index is -0.477. The first-order chi connectivity index (χ1) is 7.97. The lowest BCUT2D eigenvalue weighted by molar-refractivity contribution is 0.231. The highest BCUT2D eigenvalue weighted by molar-refractivity contribution is 6.36. The molecule has 0 spiro atoms. The molecular weight excluding hydrogens is 264 g/mol. The highest BCUT2D eigenvalue weighted by Gasteiger charge is 2.17. The van der Waals surface area contributed by atoms with Crippen LogP contribution in [0.25, 0.3) is 0 Å². The van der Waals surface area contributed by atoms with E-state index >= 15 is 0 Å². The van der Waals surface area contributed by atoms with Crippen LogP contribution in [-0.4, -0.2) is 18.3 Å². The molecule has 1 aromatic rings. The van der Waals surface area contributed by atoms with E-state index < -0.39 is 5.82 Å². The molecular formula is C12H16Cl2FNO. The zero-order valence-electron chi connectivity index (χ0n) is 9.80. The van der Waals surface area contributed by atoms with Gasteiger partial charge in [0.25, 0.3) is 0 Å². The summed E-state index contributed by atoms with van der Waals surface area (Å²) in [5.74, 6) is -0.349. The first-order valence-corrected chi connectivity index (χ1v) is 6.20. The molecule has 0 amide bonds. The maximum Gasteiger partial charge on any atom is 0.142 e. The maximum atomic E-state index is 13.3. The molecule has 0 saturated carbocycles. The molecule has 0 aromatic heterocycles. The molecule has 0 aliphatic carbocycles. The van der Waals surface area contributed by atoms with Crippen molar-refractivity contribution >= 4 is 23.2 Å². The Hall–Kier alpha value is -0.350. The van der Waals surface area contributed by atoms with Crippen LogP contribution in [0.3, 0.4) is 0 Å². The molecule has 0 fully saturated rings. The van der Waals surface area contributed by atoms with E-state index in [4.69, 9.17) is 28.3 Å². The fourth-order valence-electron chi connectivity index (χ4n) is 1.48. The van der Waals surface area contributed by atoms with Gasteiger partial charge in [-0.2, -0.15) is 0 Å². The second kappa shape index (κ2) is 6.55. The highest BCUT2D eigenvalue weighted by atomic mass is 35.5. The maximum absolute atomic E-state index is 13.3. The van der Waals surface area contributed by atoms with E-state index in [-0.39, 0.29) is 23.6 Å². The molecule has 0 saturated heterocycles. The monoisotopic (exact) mass is 279 g/mol. The van der Waals surface area contributed by atoms with Gasteiger partial charge < -0.3 is 10.4 Å². The van der Waals surface area contributed by atoms with Crippen LogP contribution < -0.4 is 5.32 Å². The van der Waals surface area contributed by atoms with Crippen molar-refractivity contribution in [1.29, 1.82) is 0 Å². The number of hydrogen-bond donors (Lipinski definition) is 2. The van der Waals surface area contributed by atoms with Crippen molar-refractivity contribution in [3.63, 3.8) is 0 Å². The van der Waals surface area contributed by atoms with Gasteiger partial charge in [0.15, 0.2) is 0 Å². The van der Waals surface area contributed by atoms with E-state index in [1.54, 1.807) is 0 Å². The van der Waals surface area contributed by atoms with E-state index in [9.17, 15) is 4.39 Å². The standard InChI is InChI=1S/C12H16Cl2FNO/c1-7(6-17)5-16-8(2)11-9(13)3-4-10(15)12(11)14/h3-4,7-8,16-17H,5-6H2,1-2H3. The zero-order chi connectivity index (χ0) is 13.0. The largest absolute Gasteiger partial charge is 0.396 e. The van der Waals surface area contributed by atoms with Crippen LogP contribution in [0.4, 0.5) is 4.39 Å². The van der Waals surface area contributed by atoms with E-state index in [2.05, 4.69) is 5.32 Å². The Morgan fingerprint density at radius 2 is 2.00 bits per heavy atom. The quantitative estimate of drug-likeness (QED) is 0.810. The van der Waals surface area contributed by atoms with Gasteiger partial charge in [0.05, 0.1) is 5.02 Å². The van der Waals surface area contributed by atoms with Crippen LogP contribution in [-0.2, 0) is 0 Å². The van der Waals surface area contributed by atoms with Crippen molar-refractivity contribution in [2.45, 2.75) is 19.9 Å². The molecule has 0 aliphatic rings. The fourth-order valence-corrected chi connectivity index (χ4v) is 2.18. The Morgan fingerprint density at radius 3 is 2.59 bits per heavy atom. The van der Waals surface area contributed by atoms with Crippen LogP contribution in [0.15, 0.2) is 12.1 Å². The lowest BCUT2D eigenvalue weighted by Gasteiger charge is -2.19. The van der Waals surface area contributed by atoms with Gasteiger partial charge in [0.2, 0.25) is 0 Å². The average molecular weight is 280 g/mol. The van der Waals surface area contributed by atoms with Gasteiger partial charge in [-0.15, -0.1) is 0 Å². The van der Waals surface area contributed by atoms with Gasteiger partial charge in [-0.25, -0.2) is 4.39 Å². The summed E-state index contributed by atoms with van der Waals surface area (Å²) in [6.07, 6.45) is 0. The highest BCUT2D eigenvalue weighted by Crippen LogP contribution is 2.32. The van der Waals surface area contributed by atoms with Crippen molar-refractivity contribution in [3.05, 3.63) is 33.6 Å². The smallest absolute Gasteiger partial charge is 0.142 e. The van der Waals surface area contributed by atoms with Gasteiger partial charge in [0, 0.05) is 29.8 Å². The number of aliphatic hydroxyl groups is 1. The van der Waals surface area contributed by atoms with Crippen molar-refractivity contribution in [2.24, 2.45) is 5.92 Å². The number of benzene rings is 1. The molecule has 0 bridgehead atoms. The topological polar surface area (TPSA) is 32.3 Å². The molecule has 2 N–H and O–H groups in total. The van der Waals surface area contributed by atoms with E-state index in [0.717, 1.165) is 0 Å². The van der Waals surface area contributed by atoms with Gasteiger partial charge in [-0.05, 0) is 25.0 Å². The van der Waals surface area contributed by atoms with Gasteiger partial charge in [0.1, 0.15) is 5.82 Å². The Bertz CT molecular complexity index is 387. The molecule has 0 aliphatic heterocycles. The molecule has 2 atom stereocenters. The molecule has 5 heteroatoms. The third-order valence-corrected chi connectivity index (χ3v) is 3.31. The first kappa shape index (κ1) is 14.7. The number of aliphatic hydroxyl groups excluding tert-OH is 1. The summed E-state index contributed by atoms with van der Waals surface area (Å²) in [7, 11) is 0. The third kappa shape index (κ3) is 3.81. The number of hydrogen-bond acceptors (Lipinski definition) is 2. The second-order valence-electron chi connectivity index (χ2n) is 4.17. The predicted octanol–water partition coefficient (Wildman–Crippen LogP) is 3.41. The van der Waals surface area contributed by atoms with Gasteiger partial charge in [-0.1, -0.05) is 30.1 Å². The van der Waals surface area contributed by atoms with E-state index in [1.807, 2.05) is 13.8 Å². The Morgan fingerprint density at radius 1 is 1.35 bits per heavy atom. The van der Waals surface area contributed by atoms with E-state index in [1.165, 1.54) is 12.1 Å². The molecule has 0 heterocycles. The summed E-state index contributed by atoms with van der Waals surface area (Å²) in [6.45, 7) is 4.48. The van der Waals surface area contributed by atoms with E-state index in [0.29, 0.717) is 17.1 Å². The molecule has 2 unspecified atom stereocenters. The molecule has 1 aromatic carbocycles. The zero-order valence-corrected chi connectivity index (χ0v) is 11.3. The lowest BCUT2D eigenvalue weighted by Crippen LogP contribution is -2.26. The number of rotatable bonds is 5. The van der Waals surface area contributed by atoms with Crippen LogP contribution in [0, 0.1) is 11.7 Å². The lowest BCUT2D eigenvalue weighted by atomic mass is 10.1. The van der Waals surface area contributed by atoms with Crippen LogP contribution in [0.1, 0.15) is 25.5 Å². The predicted molar refractivity (Wildman–Crippen MR) is 69.1 cm³/mol. The average Bonchev–Trinajstić information content (AvgIpc) is 2.31. The Balaban J connectivity index is 2.81. The number of nitrogens with one attached hydrogen (secondary N) is 1. The molecule has 0 radical (unpaired) electrons. The molecule has 17 heavy (non-hydrogen) atoms. The number of halogens is 3. The summed E-state index contributed by atoms with van der Waals surface area (Å²) in [5.41, 5.74) is 0.554. The SMILES string of the molecule is CC(CO)CNC(C)c1c(Cl)ccc(F)c1Cl. The first-order valence-electron chi connectivity index (χ1n) is 5.45. The summed E-state index contributed by atoms with van der Waals surface area (Å²) >= 11 is 11.9. The Kier molecular flexibility index (Phi) is 5.67. The van der Waals surface area contributed by atoms with Crippen LogP contribution in [0.5, 0.6) is 0 Å². The van der Waals surface area contributed by atoms with Crippen LogP contribution in [0.2, 0.25) is 10.0 Å².